The molecule has 5 heteroatoms. The van der Waals surface area contributed by atoms with E-state index in [2.05, 4.69) is 5.32 Å². The van der Waals surface area contributed by atoms with Crippen LogP contribution in [-0.4, -0.2) is 43.9 Å². The topological polar surface area (TPSA) is 30.5 Å². The fraction of sp³-hybridized carbons (Fsp3) is 0.600. The summed E-state index contributed by atoms with van der Waals surface area (Å²) in [5.41, 5.74) is 2.44. The van der Waals surface area contributed by atoms with Crippen LogP contribution in [-0.2, 0) is 17.6 Å². The van der Waals surface area contributed by atoms with E-state index in [1.165, 1.54) is 11.1 Å². The second-order valence-electron chi connectivity index (χ2n) is 5.24. The molecule has 20 heavy (non-hydrogen) atoms. The van der Waals surface area contributed by atoms with E-state index in [1.54, 1.807) is 0 Å². The van der Waals surface area contributed by atoms with Crippen molar-refractivity contribution in [3.63, 3.8) is 0 Å². The first-order valence-electron chi connectivity index (χ1n) is 7.08. The number of fused-ring (bicyclic) bond motifs is 1. The molecule has 0 saturated carbocycles. The zero-order valence-corrected chi connectivity index (χ0v) is 13.2. The maximum atomic E-state index is 6.23. The third kappa shape index (κ3) is 3.08. The number of nitrogens with one attached hydrogen (secondary N) is 1. The number of rotatable bonds is 4. The molecule has 2 heterocycles. The van der Waals surface area contributed by atoms with Crippen molar-refractivity contribution in [1.29, 1.82) is 0 Å². The van der Waals surface area contributed by atoms with Gasteiger partial charge in [0, 0.05) is 29.0 Å². The van der Waals surface area contributed by atoms with Crippen LogP contribution in [0, 0.1) is 0 Å². The molecule has 3 nitrogen and oxygen atoms in total. The van der Waals surface area contributed by atoms with E-state index in [0.717, 1.165) is 48.3 Å². The van der Waals surface area contributed by atoms with Gasteiger partial charge in [0.15, 0.2) is 0 Å². The molecule has 1 aromatic rings. The van der Waals surface area contributed by atoms with Crippen molar-refractivity contribution in [2.45, 2.75) is 25.0 Å². The molecule has 2 aliphatic rings. The van der Waals surface area contributed by atoms with Crippen molar-refractivity contribution in [3.05, 3.63) is 28.3 Å². The normalized spacial score (nSPS) is 23.2. The molecular formula is C15H20ClNO2S. The molecular weight excluding hydrogens is 294 g/mol. The average molecular weight is 314 g/mol. The lowest BCUT2D eigenvalue weighted by atomic mass is 9.99. The lowest BCUT2D eigenvalue weighted by molar-refractivity contribution is 0.0491. The first-order chi connectivity index (χ1) is 9.78. The van der Waals surface area contributed by atoms with E-state index in [-0.39, 0.29) is 6.10 Å². The molecule has 110 valence electrons. The summed E-state index contributed by atoms with van der Waals surface area (Å²) >= 11 is 8.19. The van der Waals surface area contributed by atoms with Crippen molar-refractivity contribution >= 4 is 23.4 Å². The van der Waals surface area contributed by atoms with Crippen LogP contribution in [0.25, 0.3) is 0 Å². The number of hydrogen-bond donors (Lipinski definition) is 1. The highest BCUT2D eigenvalue weighted by molar-refractivity contribution is 7.99. The van der Waals surface area contributed by atoms with Gasteiger partial charge in [0.25, 0.3) is 0 Å². The number of hydrogen-bond acceptors (Lipinski definition) is 4. The third-order valence-electron chi connectivity index (χ3n) is 3.93. The number of halogens is 1. The summed E-state index contributed by atoms with van der Waals surface area (Å²) in [6.07, 6.45) is 2.11. The van der Waals surface area contributed by atoms with Gasteiger partial charge in [-0.25, -0.2) is 0 Å². The monoisotopic (exact) mass is 313 g/mol. The van der Waals surface area contributed by atoms with E-state index in [9.17, 15) is 0 Å². The number of ether oxygens (including phenoxy) is 2. The first kappa shape index (κ1) is 14.5. The predicted octanol–water partition coefficient (Wildman–Crippen LogP) is 2.54. The Morgan fingerprint density at radius 1 is 1.45 bits per heavy atom. The molecule has 0 amide bonds. The fourth-order valence-corrected chi connectivity index (χ4v) is 4.10. The van der Waals surface area contributed by atoms with Gasteiger partial charge >= 0.3 is 0 Å². The fourth-order valence-electron chi connectivity index (χ4n) is 2.89. The molecule has 0 aliphatic carbocycles. The highest BCUT2D eigenvalue weighted by Crippen LogP contribution is 2.34. The Balaban J connectivity index is 1.78. The van der Waals surface area contributed by atoms with Gasteiger partial charge in [0.2, 0.25) is 0 Å². The molecule has 2 unspecified atom stereocenters. The van der Waals surface area contributed by atoms with E-state index in [4.69, 9.17) is 21.1 Å². The van der Waals surface area contributed by atoms with E-state index >= 15 is 0 Å². The second kappa shape index (κ2) is 6.56. The van der Waals surface area contributed by atoms with Crippen LogP contribution >= 0.6 is 23.4 Å². The summed E-state index contributed by atoms with van der Waals surface area (Å²) in [5, 5.41) is 4.20. The Kier molecular flexibility index (Phi) is 4.76. The molecule has 0 radical (unpaired) electrons. The second-order valence-corrected chi connectivity index (χ2v) is 6.82. The van der Waals surface area contributed by atoms with Crippen LogP contribution in [0.15, 0.2) is 12.1 Å². The molecule has 1 fully saturated rings. The van der Waals surface area contributed by atoms with Crippen LogP contribution < -0.4 is 10.1 Å². The summed E-state index contributed by atoms with van der Waals surface area (Å²) in [5.74, 6) is 3.19. The molecule has 0 spiro atoms. The molecule has 2 atom stereocenters. The van der Waals surface area contributed by atoms with Crippen LogP contribution in [0.4, 0.5) is 0 Å². The van der Waals surface area contributed by atoms with Gasteiger partial charge in [-0.15, -0.1) is 0 Å². The van der Waals surface area contributed by atoms with Crippen molar-refractivity contribution < 1.29 is 9.47 Å². The minimum Gasteiger partial charge on any atom is -0.493 e. The van der Waals surface area contributed by atoms with Crippen molar-refractivity contribution in [3.8, 4) is 5.75 Å². The summed E-state index contributed by atoms with van der Waals surface area (Å²) in [6, 6.07) is 4.36. The Morgan fingerprint density at radius 2 is 2.35 bits per heavy atom. The van der Waals surface area contributed by atoms with E-state index in [0.29, 0.717) is 6.04 Å². The van der Waals surface area contributed by atoms with Crippen molar-refractivity contribution in [1.82, 2.24) is 5.32 Å². The largest absolute Gasteiger partial charge is 0.493 e. The predicted molar refractivity (Wildman–Crippen MR) is 84.3 cm³/mol. The van der Waals surface area contributed by atoms with Crippen molar-refractivity contribution in [2.75, 3.05) is 31.8 Å². The molecule has 0 aromatic heterocycles. The van der Waals surface area contributed by atoms with Gasteiger partial charge in [0.1, 0.15) is 5.75 Å². The summed E-state index contributed by atoms with van der Waals surface area (Å²) in [7, 11) is 2.00. The lowest BCUT2D eigenvalue weighted by Gasteiger charge is -2.30. The quantitative estimate of drug-likeness (QED) is 0.925. The summed E-state index contributed by atoms with van der Waals surface area (Å²) in [6.45, 7) is 1.61. The van der Waals surface area contributed by atoms with Crippen LogP contribution in [0.2, 0.25) is 5.02 Å². The highest BCUT2D eigenvalue weighted by atomic mass is 35.5. The Bertz CT molecular complexity index is 477. The lowest BCUT2D eigenvalue weighted by Crippen LogP contribution is -2.44. The minimum atomic E-state index is 0.259. The van der Waals surface area contributed by atoms with Gasteiger partial charge in [-0.1, -0.05) is 11.6 Å². The van der Waals surface area contributed by atoms with Gasteiger partial charge in [-0.05, 0) is 36.7 Å². The van der Waals surface area contributed by atoms with Crippen LogP contribution in [0.1, 0.15) is 11.1 Å². The molecule has 2 aliphatic heterocycles. The molecule has 1 saturated heterocycles. The molecule has 0 bridgehead atoms. The Hall–Kier alpha value is -0.420. The van der Waals surface area contributed by atoms with Gasteiger partial charge in [0.05, 0.1) is 19.3 Å². The number of benzene rings is 1. The number of likely N-dealkylation sites (N-methyl/N-ethyl adjacent to an activating group) is 1. The zero-order chi connectivity index (χ0) is 13.9. The standard InChI is InChI=1S/C15H20ClNO2S/c1-17-13(14-9-20-5-4-18-14)8-11-7-12(16)6-10-2-3-19-15(10)11/h6-7,13-14,17H,2-5,8-9H2,1H3. The SMILES string of the molecule is CNC(Cc1cc(Cl)cc2c1OCC2)C1CSCCO1. The Labute approximate surface area is 129 Å². The molecule has 3 rings (SSSR count). The van der Waals surface area contributed by atoms with Gasteiger partial charge in [-0.2, -0.15) is 11.8 Å². The van der Waals surface area contributed by atoms with Gasteiger partial charge < -0.3 is 14.8 Å². The highest BCUT2D eigenvalue weighted by Gasteiger charge is 2.26. The maximum Gasteiger partial charge on any atom is 0.125 e. The maximum absolute atomic E-state index is 6.23. The van der Waals surface area contributed by atoms with Crippen LogP contribution in [0.3, 0.4) is 0 Å². The van der Waals surface area contributed by atoms with Gasteiger partial charge in [-0.3, -0.25) is 0 Å². The summed E-state index contributed by atoms with van der Waals surface area (Å²) in [4.78, 5) is 0. The third-order valence-corrected chi connectivity index (χ3v) is 5.16. The molecule has 1 N–H and O–H groups in total. The van der Waals surface area contributed by atoms with Crippen LogP contribution in [0.5, 0.6) is 5.75 Å². The first-order valence-corrected chi connectivity index (χ1v) is 8.62. The minimum absolute atomic E-state index is 0.259. The molecule has 1 aromatic carbocycles. The smallest absolute Gasteiger partial charge is 0.125 e. The summed E-state index contributed by atoms with van der Waals surface area (Å²) < 4.78 is 11.7. The average Bonchev–Trinajstić information content (AvgIpc) is 2.93. The number of thioether (sulfide) groups is 1. The van der Waals surface area contributed by atoms with Crippen molar-refractivity contribution in [2.24, 2.45) is 0 Å². The van der Waals surface area contributed by atoms with E-state index < -0.39 is 0 Å². The zero-order valence-electron chi connectivity index (χ0n) is 11.7. The Morgan fingerprint density at radius 3 is 3.10 bits per heavy atom. The van der Waals surface area contributed by atoms with E-state index in [1.807, 2.05) is 30.9 Å².